The van der Waals surface area contributed by atoms with Crippen LogP contribution in [-0.4, -0.2) is 26.9 Å². The first-order valence-electron chi connectivity index (χ1n) is 6.36. The molecule has 7 heteroatoms. The maximum Gasteiger partial charge on any atom is 0.330 e. The molecule has 0 aliphatic heterocycles. The van der Waals surface area contributed by atoms with Gasteiger partial charge in [0.25, 0.3) is 0 Å². The van der Waals surface area contributed by atoms with E-state index in [1.807, 2.05) is 0 Å². The van der Waals surface area contributed by atoms with Gasteiger partial charge in [0.05, 0.1) is 6.20 Å². The maximum atomic E-state index is 11.8. The molecule has 1 aromatic carbocycles. The highest BCUT2D eigenvalue weighted by Gasteiger charge is 2.21. The number of aliphatic carboxylic acids is 1. The summed E-state index contributed by atoms with van der Waals surface area (Å²) >= 11 is 0. The predicted octanol–water partition coefficient (Wildman–Crippen LogP) is 1.05. The second-order valence-corrected chi connectivity index (χ2v) is 4.53. The molecule has 0 saturated heterocycles. The standard InChI is InChI=1S/C14H16N4O3/c1-18-9-10(8-16-18)7-15-14(21)17-12(13(19)20)11-5-3-2-4-6-11/h2-6,8-9,12H,7H2,1H3,(H,19,20)(H2,15,17,21)/t12-/m1/s1. The SMILES string of the molecule is Cn1cc(CNC(=O)N[C@@H](C(=O)O)c2ccccc2)cn1. The molecule has 3 N–H and O–H groups in total. The molecule has 0 spiro atoms. The van der Waals surface area contributed by atoms with Gasteiger partial charge in [0.2, 0.25) is 0 Å². The lowest BCUT2D eigenvalue weighted by Gasteiger charge is -2.15. The average molecular weight is 288 g/mol. The summed E-state index contributed by atoms with van der Waals surface area (Å²) in [6, 6.07) is 6.90. The van der Waals surface area contributed by atoms with Crippen LogP contribution in [0.2, 0.25) is 0 Å². The van der Waals surface area contributed by atoms with E-state index in [0.717, 1.165) is 5.56 Å². The predicted molar refractivity (Wildman–Crippen MR) is 75.4 cm³/mol. The van der Waals surface area contributed by atoms with Crippen molar-refractivity contribution in [3.63, 3.8) is 0 Å². The van der Waals surface area contributed by atoms with E-state index in [4.69, 9.17) is 0 Å². The number of amides is 2. The molecule has 0 radical (unpaired) electrons. The highest BCUT2D eigenvalue weighted by Crippen LogP contribution is 2.12. The average Bonchev–Trinajstić information content (AvgIpc) is 2.89. The van der Waals surface area contributed by atoms with Crippen LogP contribution >= 0.6 is 0 Å². The van der Waals surface area contributed by atoms with Crippen LogP contribution in [0, 0.1) is 0 Å². The smallest absolute Gasteiger partial charge is 0.330 e. The molecule has 21 heavy (non-hydrogen) atoms. The number of urea groups is 1. The van der Waals surface area contributed by atoms with E-state index in [-0.39, 0.29) is 6.54 Å². The molecule has 1 heterocycles. The van der Waals surface area contributed by atoms with Crippen molar-refractivity contribution in [3.8, 4) is 0 Å². The fourth-order valence-electron chi connectivity index (χ4n) is 1.86. The molecule has 0 aliphatic carbocycles. The van der Waals surface area contributed by atoms with Crippen molar-refractivity contribution in [2.45, 2.75) is 12.6 Å². The molecule has 1 atom stereocenters. The molecule has 0 aliphatic rings. The summed E-state index contributed by atoms with van der Waals surface area (Å²) in [5.74, 6) is -1.11. The number of hydrogen-bond acceptors (Lipinski definition) is 3. The molecule has 7 nitrogen and oxygen atoms in total. The lowest BCUT2D eigenvalue weighted by Crippen LogP contribution is -2.40. The van der Waals surface area contributed by atoms with Gasteiger partial charge in [-0.2, -0.15) is 5.10 Å². The van der Waals surface area contributed by atoms with Crippen molar-refractivity contribution < 1.29 is 14.7 Å². The van der Waals surface area contributed by atoms with Crippen LogP contribution in [0.25, 0.3) is 0 Å². The molecule has 2 amide bonds. The van der Waals surface area contributed by atoms with E-state index in [9.17, 15) is 14.7 Å². The van der Waals surface area contributed by atoms with E-state index < -0.39 is 18.0 Å². The van der Waals surface area contributed by atoms with Crippen molar-refractivity contribution in [3.05, 3.63) is 53.9 Å². The first kappa shape index (κ1) is 14.6. The summed E-state index contributed by atoms with van der Waals surface area (Å²) in [4.78, 5) is 23.1. The molecule has 0 unspecified atom stereocenters. The van der Waals surface area contributed by atoms with Crippen LogP contribution in [0.3, 0.4) is 0 Å². The van der Waals surface area contributed by atoms with Gasteiger partial charge < -0.3 is 15.7 Å². The number of carbonyl (C=O) groups excluding carboxylic acids is 1. The topological polar surface area (TPSA) is 96.2 Å². The molecular formula is C14H16N4O3. The van der Waals surface area contributed by atoms with Crippen LogP contribution in [0.5, 0.6) is 0 Å². The largest absolute Gasteiger partial charge is 0.479 e. The summed E-state index contributed by atoms with van der Waals surface area (Å²) in [5.41, 5.74) is 1.35. The number of carboxylic acids is 1. The summed E-state index contributed by atoms with van der Waals surface area (Å²) in [6.07, 6.45) is 3.40. The number of benzene rings is 1. The third kappa shape index (κ3) is 4.07. The van der Waals surface area contributed by atoms with Crippen LogP contribution in [0.1, 0.15) is 17.2 Å². The Kier molecular flexibility index (Phi) is 4.55. The Bertz CT molecular complexity index is 624. The van der Waals surface area contributed by atoms with Crippen LogP contribution in [0.15, 0.2) is 42.7 Å². The second-order valence-electron chi connectivity index (χ2n) is 4.53. The summed E-state index contributed by atoms with van der Waals surface area (Å²) in [5, 5.41) is 18.2. The highest BCUT2D eigenvalue weighted by molar-refractivity contribution is 5.83. The van der Waals surface area contributed by atoms with Gasteiger partial charge in [0.15, 0.2) is 6.04 Å². The number of aromatic nitrogens is 2. The number of nitrogens with one attached hydrogen (secondary N) is 2. The fourth-order valence-corrected chi connectivity index (χ4v) is 1.86. The molecule has 2 aromatic rings. The summed E-state index contributed by atoms with van der Waals surface area (Å²) in [6.45, 7) is 0.279. The molecule has 1 aromatic heterocycles. The summed E-state index contributed by atoms with van der Waals surface area (Å²) < 4.78 is 1.62. The first-order chi connectivity index (χ1) is 10.1. The fraction of sp³-hybridized carbons (Fsp3) is 0.214. The Labute approximate surface area is 121 Å². The van der Waals surface area contributed by atoms with Crippen molar-refractivity contribution >= 4 is 12.0 Å². The van der Waals surface area contributed by atoms with Crippen LogP contribution in [0.4, 0.5) is 4.79 Å². The minimum Gasteiger partial charge on any atom is -0.479 e. The zero-order valence-electron chi connectivity index (χ0n) is 11.5. The third-order valence-corrected chi connectivity index (χ3v) is 2.87. The van der Waals surface area contributed by atoms with Crippen LogP contribution < -0.4 is 10.6 Å². The van der Waals surface area contributed by atoms with E-state index in [2.05, 4.69) is 15.7 Å². The van der Waals surface area contributed by atoms with Gasteiger partial charge in [0.1, 0.15) is 0 Å². The number of hydrogen-bond donors (Lipinski definition) is 3. The number of aryl methyl sites for hydroxylation is 1. The monoisotopic (exact) mass is 288 g/mol. The van der Waals surface area contributed by atoms with Gasteiger partial charge in [-0.05, 0) is 5.56 Å². The quantitative estimate of drug-likeness (QED) is 0.766. The minimum absolute atomic E-state index is 0.279. The Morgan fingerprint density at radius 2 is 2.05 bits per heavy atom. The zero-order chi connectivity index (χ0) is 15.2. The molecular weight excluding hydrogens is 272 g/mol. The first-order valence-corrected chi connectivity index (χ1v) is 6.36. The summed E-state index contributed by atoms with van der Waals surface area (Å²) in [7, 11) is 1.78. The van der Waals surface area contributed by atoms with Gasteiger partial charge in [-0.15, -0.1) is 0 Å². The van der Waals surface area contributed by atoms with Gasteiger partial charge in [0, 0.05) is 25.4 Å². The van der Waals surface area contributed by atoms with Gasteiger partial charge in [-0.3, -0.25) is 4.68 Å². The Hall–Kier alpha value is -2.83. The van der Waals surface area contributed by atoms with Crippen LogP contribution in [-0.2, 0) is 18.4 Å². The minimum atomic E-state index is -1.11. The maximum absolute atomic E-state index is 11.8. The Balaban J connectivity index is 1.94. The Morgan fingerprint density at radius 3 is 2.62 bits per heavy atom. The van der Waals surface area contributed by atoms with Gasteiger partial charge >= 0.3 is 12.0 Å². The second kappa shape index (κ2) is 6.56. The van der Waals surface area contributed by atoms with E-state index in [1.54, 1.807) is 54.5 Å². The lowest BCUT2D eigenvalue weighted by molar-refractivity contribution is -0.139. The van der Waals surface area contributed by atoms with Crippen molar-refractivity contribution in [2.24, 2.45) is 7.05 Å². The zero-order valence-corrected chi connectivity index (χ0v) is 11.5. The molecule has 0 saturated carbocycles. The third-order valence-electron chi connectivity index (χ3n) is 2.87. The van der Waals surface area contributed by atoms with E-state index >= 15 is 0 Å². The lowest BCUT2D eigenvalue weighted by atomic mass is 10.1. The Morgan fingerprint density at radius 1 is 1.33 bits per heavy atom. The number of carbonyl (C=O) groups is 2. The van der Waals surface area contributed by atoms with Gasteiger partial charge in [-0.25, -0.2) is 9.59 Å². The number of carboxylic acid groups (broad SMARTS) is 1. The molecule has 2 rings (SSSR count). The van der Waals surface area contributed by atoms with Crippen molar-refractivity contribution in [2.75, 3.05) is 0 Å². The normalized spacial score (nSPS) is 11.7. The van der Waals surface area contributed by atoms with Crippen molar-refractivity contribution in [1.82, 2.24) is 20.4 Å². The van der Waals surface area contributed by atoms with E-state index in [1.165, 1.54) is 0 Å². The molecule has 0 fully saturated rings. The number of rotatable bonds is 5. The number of nitrogens with zero attached hydrogens (tertiary/aromatic N) is 2. The van der Waals surface area contributed by atoms with Crippen molar-refractivity contribution in [1.29, 1.82) is 0 Å². The molecule has 110 valence electrons. The highest BCUT2D eigenvalue weighted by atomic mass is 16.4. The van der Waals surface area contributed by atoms with Gasteiger partial charge in [-0.1, -0.05) is 30.3 Å². The van der Waals surface area contributed by atoms with E-state index in [0.29, 0.717) is 5.56 Å². The molecule has 0 bridgehead atoms.